The van der Waals surface area contributed by atoms with E-state index in [4.69, 9.17) is 17.1 Å². The van der Waals surface area contributed by atoms with Crippen molar-refractivity contribution < 1.29 is 6.48 Å². The summed E-state index contributed by atoms with van der Waals surface area (Å²) in [5.74, 6) is 1.14. The molecule has 0 saturated heterocycles. The monoisotopic (exact) mass is 422 g/mol. The summed E-state index contributed by atoms with van der Waals surface area (Å²) in [6, 6.07) is 20.2. The number of rotatable bonds is 3. The summed E-state index contributed by atoms with van der Waals surface area (Å²) in [7, 11) is 0. The molecule has 0 atom stereocenters. The zero-order chi connectivity index (χ0) is 22.7. The van der Waals surface area contributed by atoms with Gasteiger partial charge < -0.3 is 10.8 Å². The number of nitrogen functional groups attached to an aromatic ring is 1. The van der Waals surface area contributed by atoms with E-state index in [0.717, 1.165) is 33.5 Å². The number of hydrogen-bond acceptors (Lipinski definition) is 5. The van der Waals surface area contributed by atoms with Gasteiger partial charge in [-0.3, -0.25) is 4.40 Å². The Kier molecular flexibility index (Phi) is 3.83. The molecule has 158 valence electrons. The van der Waals surface area contributed by atoms with Gasteiger partial charge in [0.2, 0.25) is 0 Å². The average molecular weight is 423 g/mol. The highest BCUT2D eigenvalue weighted by atomic mass is 16.3. The lowest BCUT2D eigenvalue weighted by atomic mass is 9.72. The van der Waals surface area contributed by atoms with Crippen molar-refractivity contribution in [1.29, 1.82) is 0 Å². The second-order valence-corrected chi connectivity index (χ2v) is 8.85. The quantitative estimate of drug-likeness (QED) is 0.435. The summed E-state index contributed by atoms with van der Waals surface area (Å²) >= 11 is 0. The standard InChI is InChI=1S/C26H23N5O/c1-26(32)14-19(15-26)25-30-22(23-24(27)28-11-12-31(23)25)18-8-7-17-9-10-20(29-21(17)13-18)16-5-3-2-4-6-16/h2-13,19,32H,14-15H2,1H3,(H2,27,28)/i12D. The van der Waals surface area contributed by atoms with Gasteiger partial charge in [-0.2, -0.15) is 0 Å². The van der Waals surface area contributed by atoms with Crippen LogP contribution in [0.15, 0.2) is 73.0 Å². The number of pyridine rings is 1. The maximum absolute atomic E-state index is 10.3. The third-order valence-corrected chi connectivity index (χ3v) is 6.31. The largest absolute Gasteiger partial charge is 0.390 e. The summed E-state index contributed by atoms with van der Waals surface area (Å²) < 4.78 is 10.2. The number of nitrogens with zero attached hydrogens (tertiary/aromatic N) is 4. The van der Waals surface area contributed by atoms with Crippen LogP contribution in [0.3, 0.4) is 0 Å². The van der Waals surface area contributed by atoms with Crippen LogP contribution in [0.1, 0.15) is 32.9 Å². The van der Waals surface area contributed by atoms with Crippen LogP contribution in [0.4, 0.5) is 5.82 Å². The van der Waals surface area contributed by atoms with Crippen molar-refractivity contribution in [3.05, 3.63) is 78.9 Å². The fraction of sp³-hybridized carbons (Fsp3) is 0.192. The van der Waals surface area contributed by atoms with Crippen molar-refractivity contribution in [2.24, 2.45) is 0 Å². The van der Waals surface area contributed by atoms with Gasteiger partial charge in [-0.1, -0.05) is 48.5 Å². The Labute approximate surface area is 186 Å². The fourth-order valence-electron chi connectivity index (χ4n) is 4.72. The number of imidazole rings is 1. The average Bonchev–Trinajstić information content (AvgIpc) is 3.21. The van der Waals surface area contributed by atoms with Gasteiger partial charge in [0.15, 0.2) is 0 Å². The van der Waals surface area contributed by atoms with E-state index < -0.39 is 5.60 Å². The summed E-state index contributed by atoms with van der Waals surface area (Å²) in [6.07, 6.45) is 2.88. The number of anilines is 1. The van der Waals surface area contributed by atoms with Crippen molar-refractivity contribution in [2.45, 2.75) is 31.3 Å². The number of aliphatic hydroxyl groups is 1. The molecule has 1 fully saturated rings. The van der Waals surface area contributed by atoms with Gasteiger partial charge in [0.1, 0.15) is 22.9 Å². The molecule has 0 aliphatic heterocycles. The van der Waals surface area contributed by atoms with Gasteiger partial charge in [-0.05, 0) is 31.9 Å². The van der Waals surface area contributed by atoms with Crippen molar-refractivity contribution in [2.75, 3.05) is 5.73 Å². The number of nitrogens with two attached hydrogens (primary N) is 1. The predicted octanol–water partition coefficient (Wildman–Crippen LogP) is 4.82. The van der Waals surface area contributed by atoms with E-state index in [9.17, 15) is 5.11 Å². The van der Waals surface area contributed by atoms with E-state index in [1.54, 1.807) is 4.40 Å². The second kappa shape index (κ2) is 6.87. The Morgan fingerprint density at radius 3 is 2.62 bits per heavy atom. The SMILES string of the molecule is [2H]c1cnc(N)c2c(-c3ccc4ccc(-c5ccccc5)nc4c3)nc(C3CC(C)(O)C3)n12. The van der Waals surface area contributed by atoms with Crippen molar-refractivity contribution in [3.8, 4) is 22.5 Å². The summed E-state index contributed by atoms with van der Waals surface area (Å²) in [4.78, 5) is 14.0. The minimum absolute atomic E-state index is 0.0652. The molecule has 0 bridgehead atoms. The summed E-state index contributed by atoms with van der Waals surface area (Å²) in [5, 5.41) is 11.3. The van der Waals surface area contributed by atoms with Gasteiger partial charge in [-0.15, -0.1) is 0 Å². The van der Waals surface area contributed by atoms with E-state index in [-0.39, 0.29) is 12.1 Å². The molecule has 2 aromatic carbocycles. The van der Waals surface area contributed by atoms with Gasteiger partial charge in [0.25, 0.3) is 0 Å². The van der Waals surface area contributed by atoms with Crippen LogP contribution in [0.2, 0.25) is 0 Å². The first-order valence-electron chi connectivity index (χ1n) is 11.2. The van der Waals surface area contributed by atoms with E-state index in [0.29, 0.717) is 29.9 Å². The summed E-state index contributed by atoms with van der Waals surface area (Å²) in [5.41, 5.74) is 10.6. The molecule has 3 aromatic heterocycles. The topological polar surface area (TPSA) is 89.3 Å². The zero-order valence-corrected chi connectivity index (χ0v) is 17.7. The van der Waals surface area contributed by atoms with Crippen molar-refractivity contribution in [3.63, 3.8) is 0 Å². The molecule has 0 radical (unpaired) electrons. The van der Waals surface area contributed by atoms with Crippen LogP contribution < -0.4 is 5.73 Å². The predicted molar refractivity (Wildman–Crippen MR) is 126 cm³/mol. The summed E-state index contributed by atoms with van der Waals surface area (Å²) in [6.45, 7) is 1.83. The van der Waals surface area contributed by atoms with Crippen LogP contribution in [-0.4, -0.2) is 30.1 Å². The molecule has 1 aliphatic rings. The Morgan fingerprint density at radius 2 is 1.84 bits per heavy atom. The smallest absolute Gasteiger partial charge is 0.150 e. The van der Waals surface area contributed by atoms with Gasteiger partial charge >= 0.3 is 0 Å². The first-order chi connectivity index (χ1) is 15.9. The number of hydrogen-bond donors (Lipinski definition) is 2. The molecule has 0 spiro atoms. The van der Waals surface area contributed by atoms with Crippen LogP contribution >= 0.6 is 0 Å². The Hall–Kier alpha value is -3.77. The lowest BCUT2D eigenvalue weighted by Gasteiger charge is -2.40. The van der Waals surface area contributed by atoms with Gasteiger partial charge in [0.05, 0.1) is 18.2 Å². The normalized spacial score (nSPS) is 20.9. The molecule has 6 nitrogen and oxygen atoms in total. The van der Waals surface area contributed by atoms with Crippen molar-refractivity contribution >= 4 is 22.2 Å². The minimum Gasteiger partial charge on any atom is -0.390 e. The van der Waals surface area contributed by atoms with Gasteiger partial charge in [-0.25, -0.2) is 15.0 Å². The Bertz CT molecular complexity index is 1520. The fourth-order valence-corrected chi connectivity index (χ4v) is 4.72. The zero-order valence-electron chi connectivity index (χ0n) is 18.7. The first kappa shape index (κ1) is 17.9. The highest BCUT2D eigenvalue weighted by molar-refractivity contribution is 5.91. The van der Waals surface area contributed by atoms with E-state index in [1.165, 1.54) is 6.20 Å². The Morgan fingerprint density at radius 1 is 1.06 bits per heavy atom. The van der Waals surface area contributed by atoms with Crippen LogP contribution in [0.5, 0.6) is 0 Å². The molecule has 0 unspecified atom stereocenters. The minimum atomic E-state index is -0.696. The molecular weight excluding hydrogens is 398 g/mol. The van der Waals surface area contributed by atoms with E-state index in [1.807, 2.05) is 61.5 Å². The maximum Gasteiger partial charge on any atom is 0.150 e. The molecule has 0 amide bonds. The number of benzene rings is 2. The van der Waals surface area contributed by atoms with E-state index >= 15 is 0 Å². The third-order valence-electron chi connectivity index (χ3n) is 6.31. The number of fused-ring (bicyclic) bond motifs is 2. The van der Waals surface area contributed by atoms with Crippen LogP contribution in [0, 0.1) is 0 Å². The lowest BCUT2D eigenvalue weighted by molar-refractivity contribution is -0.0335. The molecule has 1 aliphatic carbocycles. The van der Waals surface area contributed by atoms with Crippen LogP contribution in [0.25, 0.3) is 38.9 Å². The maximum atomic E-state index is 10.3. The highest BCUT2D eigenvalue weighted by Gasteiger charge is 2.41. The molecule has 6 rings (SSSR count). The molecule has 5 aromatic rings. The Balaban J connectivity index is 1.53. The third kappa shape index (κ3) is 3.03. The second-order valence-electron chi connectivity index (χ2n) is 8.85. The molecule has 6 heteroatoms. The lowest BCUT2D eigenvalue weighted by Crippen LogP contribution is -2.40. The molecule has 32 heavy (non-hydrogen) atoms. The molecule has 3 N–H and O–H groups in total. The molecule has 1 saturated carbocycles. The van der Waals surface area contributed by atoms with Crippen molar-refractivity contribution in [1.82, 2.24) is 19.4 Å². The van der Waals surface area contributed by atoms with Crippen LogP contribution in [-0.2, 0) is 0 Å². The molecular formula is C26H23N5O. The number of aromatic nitrogens is 4. The highest BCUT2D eigenvalue weighted by Crippen LogP contribution is 2.45. The van der Waals surface area contributed by atoms with Gasteiger partial charge in [0, 0.05) is 34.8 Å². The van der Waals surface area contributed by atoms with E-state index in [2.05, 4.69) is 11.1 Å². The first-order valence-corrected chi connectivity index (χ1v) is 10.7. The molecule has 3 heterocycles.